The smallest absolute Gasteiger partial charge is 0.419 e. The van der Waals surface area contributed by atoms with Crippen LogP contribution in [0.25, 0.3) is 0 Å². The summed E-state index contributed by atoms with van der Waals surface area (Å²) in [6.45, 7) is 3.25. The molecule has 7 nitrogen and oxygen atoms in total. The summed E-state index contributed by atoms with van der Waals surface area (Å²) in [4.78, 5) is 24.3. The van der Waals surface area contributed by atoms with Crippen molar-refractivity contribution in [1.29, 1.82) is 0 Å². The largest absolute Gasteiger partial charge is 0.487 e. The predicted molar refractivity (Wildman–Crippen MR) is 94.2 cm³/mol. The topological polar surface area (TPSA) is 85.3 Å². The second kappa shape index (κ2) is 6.84. The molecule has 1 aliphatic rings. The Kier molecular flexibility index (Phi) is 4.82. The molecule has 1 aliphatic heterocycles. The molecule has 10 heteroatoms. The number of carbonyl (C=O) groups is 2. The average Bonchev–Trinajstić information content (AvgIpc) is 2.94. The fraction of sp³-hybridized carbons (Fsp3) is 0.389. The molecule has 2 aromatic rings. The molecule has 2 N–H and O–H groups in total. The van der Waals surface area contributed by atoms with Gasteiger partial charge in [-0.1, -0.05) is 0 Å². The normalized spacial score (nSPS) is 15.6. The lowest BCUT2D eigenvalue weighted by Crippen LogP contribution is -2.36. The quantitative estimate of drug-likeness (QED) is 0.832. The Morgan fingerprint density at radius 1 is 1.36 bits per heavy atom. The number of hydrogen-bond donors (Lipinski definition) is 2. The van der Waals surface area contributed by atoms with Crippen LogP contribution in [0.4, 0.5) is 23.7 Å². The minimum Gasteiger partial charge on any atom is -0.487 e. The van der Waals surface area contributed by atoms with Crippen LogP contribution in [0.5, 0.6) is 5.75 Å². The van der Waals surface area contributed by atoms with E-state index in [1.807, 2.05) is 0 Å². The zero-order valence-electron chi connectivity index (χ0n) is 15.5. The van der Waals surface area contributed by atoms with Gasteiger partial charge in [0.1, 0.15) is 11.4 Å². The van der Waals surface area contributed by atoms with Gasteiger partial charge in [0.15, 0.2) is 5.78 Å². The summed E-state index contributed by atoms with van der Waals surface area (Å²) in [6, 6.07) is 3.90. The Morgan fingerprint density at radius 2 is 2.07 bits per heavy atom. The van der Waals surface area contributed by atoms with Gasteiger partial charge in [-0.05, 0) is 32.0 Å². The van der Waals surface area contributed by atoms with Crippen LogP contribution in [0, 0.1) is 0 Å². The number of fused-ring (bicyclic) bond motifs is 1. The van der Waals surface area contributed by atoms with Gasteiger partial charge in [-0.2, -0.15) is 18.3 Å². The minimum atomic E-state index is -4.56. The third-order valence-electron chi connectivity index (χ3n) is 4.29. The van der Waals surface area contributed by atoms with Crippen LogP contribution < -0.4 is 15.4 Å². The molecule has 28 heavy (non-hydrogen) atoms. The maximum atomic E-state index is 13.0. The van der Waals surface area contributed by atoms with E-state index in [1.165, 1.54) is 13.1 Å². The maximum absolute atomic E-state index is 13.0. The van der Waals surface area contributed by atoms with Crippen LogP contribution in [0.3, 0.4) is 0 Å². The van der Waals surface area contributed by atoms with Gasteiger partial charge < -0.3 is 15.4 Å². The number of Topliss-reactive ketones (excluding diaryl/α,β-unsaturated/α-hetero) is 1. The lowest BCUT2D eigenvalue weighted by atomic mass is 9.93. The van der Waals surface area contributed by atoms with Crippen molar-refractivity contribution in [3.63, 3.8) is 0 Å². The number of halogens is 3. The Labute approximate surface area is 158 Å². The van der Waals surface area contributed by atoms with Gasteiger partial charge in [-0.3, -0.25) is 9.48 Å². The second-order valence-electron chi connectivity index (χ2n) is 7.11. The van der Waals surface area contributed by atoms with Gasteiger partial charge in [0.05, 0.1) is 36.0 Å². The van der Waals surface area contributed by atoms with Gasteiger partial charge in [0, 0.05) is 12.7 Å². The number of carbonyl (C=O) groups excluding carboxylic acids is 2. The van der Waals surface area contributed by atoms with Gasteiger partial charge in [-0.15, -0.1) is 0 Å². The first-order chi connectivity index (χ1) is 13.0. The molecule has 0 spiro atoms. The predicted octanol–water partition coefficient (Wildman–Crippen LogP) is 3.50. The highest BCUT2D eigenvalue weighted by Gasteiger charge is 2.36. The maximum Gasteiger partial charge on any atom is 0.419 e. The number of aryl methyl sites for hydroxylation is 1. The molecule has 0 bridgehead atoms. The second-order valence-corrected chi connectivity index (χ2v) is 7.11. The molecule has 0 fully saturated rings. The molecule has 0 radical (unpaired) electrons. The monoisotopic (exact) mass is 396 g/mol. The van der Waals surface area contributed by atoms with Crippen molar-refractivity contribution in [3.05, 3.63) is 41.2 Å². The molecule has 3 rings (SSSR count). The SMILES string of the molecule is Cn1ncc(C(F)(F)F)c1CNC(=O)Nc1ccc2c(c1)C(=O)CC(C)(C)O2. The third-order valence-corrected chi connectivity index (χ3v) is 4.29. The first kappa shape index (κ1) is 19.7. The molecular weight excluding hydrogens is 377 g/mol. The van der Waals surface area contributed by atoms with E-state index in [-0.39, 0.29) is 24.4 Å². The van der Waals surface area contributed by atoms with Crippen LogP contribution in [0.2, 0.25) is 0 Å². The zero-order chi connectivity index (χ0) is 20.7. The van der Waals surface area contributed by atoms with E-state index in [0.29, 0.717) is 23.2 Å². The van der Waals surface area contributed by atoms with E-state index in [9.17, 15) is 22.8 Å². The molecule has 1 aromatic carbocycles. The van der Waals surface area contributed by atoms with Crippen LogP contribution in [-0.4, -0.2) is 27.2 Å². The first-order valence-electron chi connectivity index (χ1n) is 8.45. The third kappa shape index (κ3) is 4.10. The van der Waals surface area contributed by atoms with Crippen molar-refractivity contribution in [3.8, 4) is 5.75 Å². The molecule has 0 unspecified atom stereocenters. The number of nitrogens with zero attached hydrogens (tertiary/aromatic N) is 2. The average molecular weight is 396 g/mol. The number of urea groups is 1. The number of rotatable bonds is 3. The van der Waals surface area contributed by atoms with Gasteiger partial charge in [-0.25, -0.2) is 4.79 Å². The van der Waals surface area contributed by atoms with E-state index in [4.69, 9.17) is 4.74 Å². The highest BCUT2D eigenvalue weighted by molar-refractivity contribution is 6.02. The van der Waals surface area contributed by atoms with Gasteiger partial charge >= 0.3 is 12.2 Å². The fourth-order valence-electron chi connectivity index (χ4n) is 2.98. The summed E-state index contributed by atoms with van der Waals surface area (Å²) in [7, 11) is 1.36. The standard InChI is InChI=1S/C18H19F3N4O3/c1-17(2)7-14(26)11-6-10(4-5-15(11)28-17)24-16(27)22-9-13-12(18(19,20)21)8-23-25(13)3/h4-6,8H,7,9H2,1-3H3,(H2,22,24,27). The number of nitrogens with one attached hydrogen (secondary N) is 2. The van der Waals surface area contributed by atoms with Crippen LogP contribution in [0.1, 0.15) is 41.9 Å². The summed E-state index contributed by atoms with van der Waals surface area (Å²) in [5, 5.41) is 8.46. The number of hydrogen-bond acceptors (Lipinski definition) is 4. The summed E-state index contributed by atoms with van der Waals surface area (Å²) < 4.78 is 45.7. The molecule has 2 amide bonds. The summed E-state index contributed by atoms with van der Waals surface area (Å²) in [5.74, 6) is 0.317. The van der Waals surface area contributed by atoms with Crippen LogP contribution in [-0.2, 0) is 19.8 Å². The zero-order valence-corrected chi connectivity index (χ0v) is 15.5. The van der Waals surface area contributed by atoms with Crippen molar-refractivity contribution >= 4 is 17.5 Å². The molecule has 0 aliphatic carbocycles. The van der Waals surface area contributed by atoms with Crippen LogP contribution in [0.15, 0.2) is 24.4 Å². The molecule has 2 heterocycles. The van der Waals surface area contributed by atoms with Crippen LogP contribution >= 0.6 is 0 Å². The number of aromatic nitrogens is 2. The number of anilines is 1. The van der Waals surface area contributed by atoms with E-state index >= 15 is 0 Å². The summed E-state index contributed by atoms with van der Waals surface area (Å²) in [6.07, 6.45) is -3.64. The highest BCUT2D eigenvalue weighted by atomic mass is 19.4. The fourth-order valence-corrected chi connectivity index (χ4v) is 2.98. The Balaban J connectivity index is 1.68. The lowest BCUT2D eigenvalue weighted by molar-refractivity contribution is -0.138. The van der Waals surface area contributed by atoms with Crippen molar-refractivity contribution < 1.29 is 27.5 Å². The molecule has 1 aromatic heterocycles. The van der Waals surface area contributed by atoms with E-state index in [1.54, 1.807) is 26.0 Å². The van der Waals surface area contributed by atoms with E-state index in [2.05, 4.69) is 15.7 Å². The number of alkyl halides is 3. The molecular formula is C18H19F3N4O3. The summed E-state index contributed by atoms with van der Waals surface area (Å²) in [5.41, 5.74) is -0.999. The van der Waals surface area contributed by atoms with Crippen molar-refractivity contribution in [1.82, 2.24) is 15.1 Å². The lowest BCUT2D eigenvalue weighted by Gasteiger charge is -2.31. The van der Waals surface area contributed by atoms with Gasteiger partial charge in [0.25, 0.3) is 0 Å². The number of amides is 2. The Morgan fingerprint density at radius 3 is 2.75 bits per heavy atom. The van der Waals surface area contributed by atoms with Crippen molar-refractivity contribution in [2.45, 2.75) is 38.6 Å². The van der Waals surface area contributed by atoms with E-state index < -0.39 is 23.4 Å². The molecule has 0 saturated carbocycles. The highest BCUT2D eigenvalue weighted by Crippen LogP contribution is 2.34. The summed E-state index contributed by atoms with van der Waals surface area (Å²) >= 11 is 0. The Hall–Kier alpha value is -3.04. The van der Waals surface area contributed by atoms with Gasteiger partial charge in [0.2, 0.25) is 0 Å². The van der Waals surface area contributed by atoms with Crippen molar-refractivity contribution in [2.24, 2.45) is 7.05 Å². The van der Waals surface area contributed by atoms with E-state index in [0.717, 1.165) is 4.68 Å². The number of ketones is 1. The molecule has 0 atom stereocenters. The van der Waals surface area contributed by atoms with Crippen molar-refractivity contribution in [2.75, 3.05) is 5.32 Å². The Bertz CT molecular complexity index is 935. The molecule has 0 saturated heterocycles. The molecule has 150 valence electrons. The first-order valence-corrected chi connectivity index (χ1v) is 8.45. The minimum absolute atomic E-state index is 0.111. The number of ether oxygens (including phenoxy) is 1. The number of benzene rings is 1.